The summed E-state index contributed by atoms with van der Waals surface area (Å²) in [4.78, 5) is 29.9. The third kappa shape index (κ3) is 6.87. The number of nitrogens with zero attached hydrogens (tertiary/aromatic N) is 2. The molecule has 8 heteroatoms. The molecule has 2 aromatic carbocycles. The Morgan fingerprint density at radius 3 is 2.32 bits per heavy atom. The molecule has 0 saturated carbocycles. The van der Waals surface area contributed by atoms with E-state index in [0.717, 1.165) is 36.8 Å². The third-order valence-corrected chi connectivity index (χ3v) is 6.65. The van der Waals surface area contributed by atoms with Gasteiger partial charge >= 0.3 is 12.2 Å². The van der Waals surface area contributed by atoms with Crippen LogP contribution in [0.3, 0.4) is 0 Å². The topological polar surface area (TPSA) is 77.5 Å². The molecule has 202 valence electrons. The first-order valence-electron chi connectivity index (χ1n) is 13.1. The van der Waals surface area contributed by atoms with Gasteiger partial charge in [0.25, 0.3) is 0 Å². The molecule has 2 aromatic rings. The van der Waals surface area contributed by atoms with Crippen LogP contribution in [0, 0.1) is 0 Å². The summed E-state index contributed by atoms with van der Waals surface area (Å²) in [7, 11) is 3.13. The number of amides is 2. The van der Waals surface area contributed by atoms with E-state index in [1.165, 1.54) is 0 Å². The number of hydrogen-bond acceptors (Lipinski definition) is 6. The Morgan fingerprint density at radius 2 is 1.68 bits per heavy atom. The van der Waals surface area contributed by atoms with Crippen LogP contribution in [-0.4, -0.2) is 50.6 Å². The Labute approximate surface area is 220 Å². The predicted molar refractivity (Wildman–Crippen MR) is 143 cm³/mol. The van der Waals surface area contributed by atoms with E-state index in [1.807, 2.05) is 43.3 Å². The standard InChI is InChI=1S/C29H40N2O6/c1-6-8-9-13-16-37-29(33)31-21(3)17-24(23-18-26(34-4)27(35-5)19-25(23)31)30(28(32)36-7-2)20-22-14-11-10-12-15-22/h10-12,14-15,18-19,21,24H,6-9,13,16-17,20H2,1-5H3/t21-,24+/m0/s1. The van der Waals surface area contributed by atoms with E-state index in [-0.39, 0.29) is 18.7 Å². The van der Waals surface area contributed by atoms with E-state index in [0.29, 0.717) is 36.8 Å². The van der Waals surface area contributed by atoms with Crippen LogP contribution < -0.4 is 14.4 Å². The summed E-state index contributed by atoms with van der Waals surface area (Å²) < 4.78 is 22.3. The minimum atomic E-state index is -0.406. The van der Waals surface area contributed by atoms with Crippen molar-refractivity contribution in [3.8, 4) is 11.5 Å². The van der Waals surface area contributed by atoms with Crippen molar-refractivity contribution in [2.75, 3.05) is 32.3 Å². The lowest BCUT2D eigenvalue weighted by molar-refractivity contribution is 0.0808. The van der Waals surface area contributed by atoms with Gasteiger partial charge in [0.05, 0.1) is 39.2 Å². The third-order valence-electron chi connectivity index (χ3n) is 6.65. The fraction of sp³-hybridized carbons (Fsp3) is 0.517. The van der Waals surface area contributed by atoms with Crippen LogP contribution in [0.15, 0.2) is 42.5 Å². The van der Waals surface area contributed by atoms with Gasteiger partial charge in [-0.05, 0) is 38.3 Å². The molecular weight excluding hydrogens is 472 g/mol. The molecule has 0 spiro atoms. The van der Waals surface area contributed by atoms with Crippen LogP contribution in [0.2, 0.25) is 0 Å². The quantitative estimate of drug-likeness (QED) is 0.311. The second-order valence-corrected chi connectivity index (χ2v) is 9.22. The van der Waals surface area contributed by atoms with Gasteiger partial charge in [-0.2, -0.15) is 0 Å². The molecule has 2 amide bonds. The van der Waals surface area contributed by atoms with Gasteiger partial charge in [0.1, 0.15) is 0 Å². The van der Waals surface area contributed by atoms with Gasteiger partial charge in [0.2, 0.25) is 0 Å². The number of hydrogen-bond donors (Lipinski definition) is 0. The van der Waals surface area contributed by atoms with Crippen molar-refractivity contribution in [2.45, 2.75) is 71.5 Å². The van der Waals surface area contributed by atoms with Gasteiger partial charge in [-0.1, -0.05) is 56.5 Å². The molecule has 1 heterocycles. The molecule has 0 bridgehead atoms. The van der Waals surface area contributed by atoms with E-state index in [1.54, 1.807) is 37.0 Å². The van der Waals surface area contributed by atoms with Crippen LogP contribution in [0.25, 0.3) is 0 Å². The first-order valence-corrected chi connectivity index (χ1v) is 13.1. The maximum Gasteiger partial charge on any atom is 0.414 e. The molecule has 37 heavy (non-hydrogen) atoms. The summed E-state index contributed by atoms with van der Waals surface area (Å²) in [6, 6.07) is 12.9. The molecule has 0 unspecified atom stereocenters. The Bertz CT molecular complexity index is 1030. The summed E-state index contributed by atoms with van der Waals surface area (Å²) in [5, 5.41) is 0. The van der Waals surface area contributed by atoms with Crippen molar-refractivity contribution in [1.29, 1.82) is 0 Å². The molecule has 0 fully saturated rings. The van der Waals surface area contributed by atoms with Crippen LogP contribution in [0.5, 0.6) is 11.5 Å². The first kappa shape index (κ1) is 28.2. The largest absolute Gasteiger partial charge is 0.493 e. The number of unbranched alkanes of at least 4 members (excludes halogenated alkanes) is 3. The zero-order chi connectivity index (χ0) is 26.8. The van der Waals surface area contributed by atoms with E-state index in [9.17, 15) is 9.59 Å². The smallest absolute Gasteiger partial charge is 0.414 e. The summed E-state index contributed by atoms with van der Waals surface area (Å²) in [6.07, 6.45) is 3.79. The fourth-order valence-electron chi connectivity index (χ4n) is 4.77. The van der Waals surface area contributed by atoms with Gasteiger partial charge in [0.15, 0.2) is 11.5 Å². The molecular formula is C29H40N2O6. The highest BCUT2D eigenvalue weighted by molar-refractivity contribution is 5.91. The molecule has 0 N–H and O–H groups in total. The van der Waals surface area contributed by atoms with Crippen LogP contribution in [0.4, 0.5) is 15.3 Å². The summed E-state index contributed by atoms with van der Waals surface area (Å²) in [5.41, 5.74) is 2.41. The number of ether oxygens (including phenoxy) is 4. The van der Waals surface area contributed by atoms with Crippen molar-refractivity contribution in [3.05, 3.63) is 53.6 Å². The zero-order valence-corrected chi connectivity index (χ0v) is 22.7. The molecule has 2 atom stereocenters. The van der Waals surface area contributed by atoms with E-state index < -0.39 is 12.2 Å². The second-order valence-electron chi connectivity index (χ2n) is 9.22. The highest BCUT2D eigenvalue weighted by atomic mass is 16.6. The predicted octanol–water partition coefficient (Wildman–Crippen LogP) is 6.72. The highest BCUT2D eigenvalue weighted by Crippen LogP contribution is 2.46. The Morgan fingerprint density at radius 1 is 0.973 bits per heavy atom. The number of carbonyl (C=O) groups excluding carboxylic acids is 2. The van der Waals surface area contributed by atoms with Gasteiger partial charge in [-0.3, -0.25) is 9.80 Å². The minimum Gasteiger partial charge on any atom is -0.493 e. The molecule has 3 rings (SSSR count). The number of fused-ring (bicyclic) bond motifs is 1. The SMILES string of the molecule is CCCCCCOC(=O)N1c2cc(OC)c(OC)cc2[C@H](N(Cc2ccccc2)C(=O)OCC)C[C@@H]1C. The lowest BCUT2D eigenvalue weighted by atomic mass is 9.90. The van der Waals surface area contributed by atoms with Crippen molar-refractivity contribution in [2.24, 2.45) is 0 Å². The lowest BCUT2D eigenvalue weighted by Gasteiger charge is -2.42. The van der Waals surface area contributed by atoms with E-state index >= 15 is 0 Å². The average molecular weight is 513 g/mol. The molecule has 0 aromatic heterocycles. The Balaban J connectivity index is 2.01. The van der Waals surface area contributed by atoms with Gasteiger partial charge in [0, 0.05) is 24.2 Å². The van der Waals surface area contributed by atoms with Crippen molar-refractivity contribution < 1.29 is 28.5 Å². The normalized spacial score (nSPS) is 16.5. The first-order chi connectivity index (χ1) is 17.9. The molecule has 1 aliphatic heterocycles. The fourth-order valence-corrected chi connectivity index (χ4v) is 4.77. The van der Waals surface area contributed by atoms with Crippen LogP contribution in [0.1, 0.15) is 70.0 Å². The maximum atomic E-state index is 13.3. The average Bonchev–Trinajstić information content (AvgIpc) is 2.91. The molecule has 0 radical (unpaired) electrons. The number of benzene rings is 2. The second kappa shape index (κ2) is 13.8. The summed E-state index contributed by atoms with van der Waals surface area (Å²) in [5.74, 6) is 1.03. The summed E-state index contributed by atoms with van der Waals surface area (Å²) >= 11 is 0. The molecule has 8 nitrogen and oxygen atoms in total. The molecule has 0 aliphatic carbocycles. The number of methoxy groups -OCH3 is 2. The minimum absolute atomic E-state index is 0.230. The van der Waals surface area contributed by atoms with Gasteiger partial charge in [-0.15, -0.1) is 0 Å². The lowest BCUT2D eigenvalue weighted by Crippen LogP contribution is -2.47. The van der Waals surface area contributed by atoms with Crippen LogP contribution >= 0.6 is 0 Å². The highest BCUT2D eigenvalue weighted by Gasteiger charge is 2.40. The number of anilines is 1. The van der Waals surface area contributed by atoms with Crippen molar-refractivity contribution in [3.63, 3.8) is 0 Å². The van der Waals surface area contributed by atoms with E-state index in [2.05, 4.69) is 6.92 Å². The summed E-state index contributed by atoms with van der Waals surface area (Å²) in [6.45, 7) is 6.91. The molecule has 1 aliphatic rings. The van der Waals surface area contributed by atoms with E-state index in [4.69, 9.17) is 18.9 Å². The van der Waals surface area contributed by atoms with Crippen LogP contribution in [-0.2, 0) is 16.0 Å². The van der Waals surface area contributed by atoms with Crippen molar-refractivity contribution >= 4 is 17.9 Å². The monoisotopic (exact) mass is 512 g/mol. The molecule has 0 saturated heterocycles. The van der Waals surface area contributed by atoms with Crippen molar-refractivity contribution in [1.82, 2.24) is 4.90 Å². The zero-order valence-electron chi connectivity index (χ0n) is 22.7. The van der Waals surface area contributed by atoms with Gasteiger partial charge < -0.3 is 18.9 Å². The maximum absolute atomic E-state index is 13.3. The Kier molecular flexibility index (Phi) is 10.5. The number of rotatable bonds is 11. The Hall–Kier alpha value is -3.42. The number of carbonyl (C=O) groups is 2. The van der Waals surface area contributed by atoms with Gasteiger partial charge in [-0.25, -0.2) is 9.59 Å².